The van der Waals surface area contributed by atoms with E-state index in [4.69, 9.17) is 0 Å². The van der Waals surface area contributed by atoms with E-state index in [9.17, 15) is 9.18 Å². The van der Waals surface area contributed by atoms with Gasteiger partial charge in [-0.3, -0.25) is 14.7 Å². The van der Waals surface area contributed by atoms with Crippen LogP contribution in [0, 0.1) is 11.7 Å². The third kappa shape index (κ3) is 5.29. The molecule has 0 aliphatic carbocycles. The number of anilines is 1. The average molecular weight is 434 g/mol. The Bertz CT molecular complexity index is 1050. The number of hydrogen-bond acceptors (Lipinski definition) is 5. The first-order valence-corrected chi connectivity index (χ1v) is 11.0. The topological polar surface area (TPSA) is 70.2 Å². The van der Waals surface area contributed by atoms with Crippen LogP contribution in [0.3, 0.4) is 0 Å². The molecule has 0 bridgehead atoms. The first kappa shape index (κ1) is 21.9. The van der Waals surface area contributed by atoms with E-state index < -0.39 is 5.82 Å². The van der Waals surface area contributed by atoms with Gasteiger partial charge in [-0.1, -0.05) is 18.2 Å². The van der Waals surface area contributed by atoms with Crippen molar-refractivity contribution in [2.75, 3.05) is 25.5 Å². The maximum absolute atomic E-state index is 13.7. The molecule has 0 spiro atoms. The standard InChI is InChI=1S/C25H28FN5O/c1-27-24-20(8-5-13-29-24)17-31-14-6-9-19(16-31)23(22-11-2-3-12-28-22)30-25(32)18-7-4-10-21(26)15-18/h2-5,7-8,10-13,15,19,23H,6,9,14,16-17H2,1H3,(H,27,29)(H,30,32). The smallest absolute Gasteiger partial charge is 0.251 e. The second-order valence-electron chi connectivity index (χ2n) is 8.11. The Morgan fingerprint density at radius 3 is 2.81 bits per heavy atom. The number of amides is 1. The fourth-order valence-corrected chi connectivity index (χ4v) is 4.39. The first-order valence-electron chi connectivity index (χ1n) is 11.0. The third-order valence-corrected chi connectivity index (χ3v) is 5.92. The number of piperidine rings is 1. The zero-order chi connectivity index (χ0) is 22.3. The molecule has 7 heteroatoms. The summed E-state index contributed by atoms with van der Waals surface area (Å²) in [4.78, 5) is 24.3. The molecule has 32 heavy (non-hydrogen) atoms. The van der Waals surface area contributed by atoms with Crippen molar-refractivity contribution in [1.29, 1.82) is 0 Å². The lowest BCUT2D eigenvalue weighted by Gasteiger charge is -2.37. The maximum atomic E-state index is 13.7. The lowest BCUT2D eigenvalue weighted by Crippen LogP contribution is -2.43. The van der Waals surface area contributed by atoms with Gasteiger partial charge in [0.05, 0.1) is 11.7 Å². The minimum Gasteiger partial charge on any atom is -0.373 e. The number of likely N-dealkylation sites (tertiary alicyclic amines) is 1. The van der Waals surface area contributed by atoms with Crippen LogP contribution in [-0.2, 0) is 6.54 Å². The molecule has 3 heterocycles. The van der Waals surface area contributed by atoms with Gasteiger partial charge in [-0.05, 0) is 61.7 Å². The van der Waals surface area contributed by atoms with E-state index in [1.54, 1.807) is 24.5 Å². The quantitative estimate of drug-likeness (QED) is 0.589. The fourth-order valence-electron chi connectivity index (χ4n) is 4.39. The highest BCUT2D eigenvalue weighted by atomic mass is 19.1. The molecule has 3 aromatic rings. The summed E-state index contributed by atoms with van der Waals surface area (Å²) < 4.78 is 13.7. The molecule has 4 rings (SSSR count). The van der Waals surface area contributed by atoms with E-state index in [1.807, 2.05) is 31.3 Å². The van der Waals surface area contributed by atoms with Gasteiger partial charge in [0.1, 0.15) is 11.6 Å². The summed E-state index contributed by atoms with van der Waals surface area (Å²) in [7, 11) is 1.88. The number of hydrogen-bond donors (Lipinski definition) is 2. The number of aromatic nitrogens is 2. The average Bonchev–Trinajstić information content (AvgIpc) is 2.83. The predicted octanol–water partition coefficient (Wildman–Crippen LogP) is 4.04. The van der Waals surface area contributed by atoms with Crippen LogP contribution in [0.25, 0.3) is 0 Å². The number of nitrogens with one attached hydrogen (secondary N) is 2. The van der Waals surface area contributed by atoms with Crippen molar-refractivity contribution < 1.29 is 9.18 Å². The number of carbonyl (C=O) groups excluding carboxylic acids is 1. The van der Waals surface area contributed by atoms with Crippen molar-refractivity contribution in [3.63, 3.8) is 0 Å². The summed E-state index contributed by atoms with van der Waals surface area (Å²) in [5.41, 5.74) is 2.28. The summed E-state index contributed by atoms with van der Waals surface area (Å²) in [6.45, 7) is 2.59. The molecule has 1 amide bonds. The molecule has 1 aromatic carbocycles. The molecule has 2 unspecified atom stereocenters. The van der Waals surface area contributed by atoms with Gasteiger partial charge >= 0.3 is 0 Å². The van der Waals surface area contributed by atoms with Crippen LogP contribution in [0.4, 0.5) is 10.2 Å². The monoisotopic (exact) mass is 433 g/mol. The van der Waals surface area contributed by atoms with Crippen molar-refractivity contribution in [1.82, 2.24) is 20.2 Å². The van der Waals surface area contributed by atoms with Gasteiger partial charge in [-0.25, -0.2) is 9.37 Å². The lowest BCUT2D eigenvalue weighted by molar-refractivity contribution is 0.0874. The van der Waals surface area contributed by atoms with Gasteiger partial charge in [0.25, 0.3) is 5.91 Å². The van der Waals surface area contributed by atoms with Crippen molar-refractivity contribution in [2.24, 2.45) is 5.92 Å². The molecule has 2 aromatic heterocycles. The molecule has 1 aliphatic rings. The Morgan fingerprint density at radius 2 is 2.03 bits per heavy atom. The molecule has 2 N–H and O–H groups in total. The van der Waals surface area contributed by atoms with Crippen LogP contribution in [0.5, 0.6) is 0 Å². The third-order valence-electron chi connectivity index (χ3n) is 5.92. The number of carbonyl (C=O) groups is 1. The van der Waals surface area contributed by atoms with Crippen LogP contribution in [0.15, 0.2) is 67.0 Å². The Labute approximate surface area is 187 Å². The molecular weight excluding hydrogens is 405 g/mol. The largest absolute Gasteiger partial charge is 0.373 e. The zero-order valence-corrected chi connectivity index (χ0v) is 18.2. The molecule has 0 saturated carbocycles. The molecule has 1 saturated heterocycles. The Balaban J connectivity index is 1.53. The lowest BCUT2D eigenvalue weighted by atomic mass is 9.88. The van der Waals surface area contributed by atoms with Crippen molar-refractivity contribution >= 4 is 11.7 Å². The van der Waals surface area contributed by atoms with Gasteiger partial charge in [0.2, 0.25) is 0 Å². The zero-order valence-electron chi connectivity index (χ0n) is 18.2. The summed E-state index contributed by atoms with van der Waals surface area (Å²) in [5.74, 6) is 0.357. The number of benzene rings is 1. The first-order chi connectivity index (χ1) is 15.6. The normalized spacial score (nSPS) is 17.5. The summed E-state index contributed by atoms with van der Waals surface area (Å²) in [6.07, 6.45) is 5.53. The number of pyridine rings is 2. The predicted molar refractivity (Wildman–Crippen MR) is 123 cm³/mol. The van der Waals surface area contributed by atoms with Gasteiger partial charge in [-0.15, -0.1) is 0 Å². The minimum absolute atomic E-state index is 0.186. The molecule has 1 fully saturated rings. The van der Waals surface area contributed by atoms with Gasteiger partial charge in [-0.2, -0.15) is 0 Å². The molecule has 6 nitrogen and oxygen atoms in total. The second kappa shape index (κ2) is 10.3. The Kier molecular flexibility index (Phi) is 7.07. The molecule has 1 aliphatic heterocycles. The highest BCUT2D eigenvalue weighted by molar-refractivity contribution is 5.94. The minimum atomic E-state index is -0.423. The summed E-state index contributed by atoms with van der Waals surface area (Å²) >= 11 is 0. The van der Waals surface area contributed by atoms with Crippen LogP contribution < -0.4 is 10.6 Å². The van der Waals surface area contributed by atoms with E-state index >= 15 is 0 Å². The van der Waals surface area contributed by atoms with Crippen LogP contribution in [0.1, 0.15) is 40.5 Å². The van der Waals surface area contributed by atoms with Crippen LogP contribution in [0.2, 0.25) is 0 Å². The van der Waals surface area contributed by atoms with E-state index in [-0.39, 0.29) is 17.9 Å². The molecular formula is C25H28FN5O. The van der Waals surface area contributed by atoms with E-state index in [1.165, 1.54) is 12.1 Å². The van der Waals surface area contributed by atoms with Crippen molar-refractivity contribution in [2.45, 2.75) is 25.4 Å². The van der Waals surface area contributed by atoms with Crippen LogP contribution >= 0.6 is 0 Å². The SMILES string of the molecule is CNc1ncccc1CN1CCCC(C(NC(=O)c2cccc(F)c2)c2ccccn2)C1. The fraction of sp³-hybridized carbons (Fsp3) is 0.320. The number of nitrogens with zero attached hydrogens (tertiary/aromatic N) is 3. The van der Waals surface area contributed by atoms with E-state index in [0.717, 1.165) is 49.6 Å². The van der Waals surface area contributed by atoms with Gasteiger partial charge < -0.3 is 10.6 Å². The number of rotatable bonds is 7. The Morgan fingerprint density at radius 1 is 1.16 bits per heavy atom. The van der Waals surface area contributed by atoms with E-state index in [2.05, 4.69) is 31.6 Å². The van der Waals surface area contributed by atoms with Crippen molar-refractivity contribution in [3.05, 3.63) is 89.6 Å². The van der Waals surface area contributed by atoms with Crippen LogP contribution in [-0.4, -0.2) is 40.9 Å². The van der Waals surface area contributed by atoms with E-state index in [0.29, 0.717) is 5.56 Å². The number of halogens is 1. The molecule has 166 valence electrons. The summed E-state index contributed by atoms with van der Waals surface area (Å²) in [6, 6.07) is 15.3. The van der Waals surface area contributed by atoms with Gasteiger partial charge in [0, 0.05) is 43.7 Å². The maximum Gasteiger partial charge on any atom is 0.251 e. The summed E-state index contributed by atoms with van der Waals surface area (Å²) in [5, 5.41) is 6.29. The molecule has 2 atom stereocenters. The Hall–Kier alpha value is -3.32. The highest BCUT2D eigenvalue weighted by Crippen LogP contribution is 2.30. The highest BCUT2D eigenvalue weighted by Gasteiger charge is 2.31. The second-order valence-corrected chi connectivity index (χ2v) is 8.11. The van der Waals surface area contributed by atoms with Gasteiger partial charge in [0.15, 0.2) is 0 Å². The van der Waals surface area contributed by atoms with Crippen molar-refractivity contribution in [3.8, 4) is 0 Å². The molecule has 0 radical (unpaired) electrons.